The minimum absolute atomic E-state index is 0.00624. The van der Waals surface area contributed by atoms with Crippen LogP contribution < -0.4 is 14.8 Å². The summed E-state index contributed by atoms with van der Waals surface area (Å²) in [5.41, 5.74) is 3.73. The van der Waals surface area contributed by atoms with Gasteiger partial charge in [0.25, 0.3) is 11.6 Å². The van der Waals surface area contributed by atoms with Crippen molar-refractivity contribution in [2.45, 2.75) is 39.4 Å². The predicted molar refractivity (Wildman–Crippen MR) is 164 cm³/mol. The first kappa shape index (κ1) is 30.3. The molecule has 1 heterocycles. The van der Waals surface area contributed by atoms with E-state index in [-0.39, 0.29) is 23.5 Å². The molecule has 42 heavy (non-hydrogen) atoms. The number of hydrazone groups is 1. The lowest BCUT2D eigenvalue weighted by atomic mass is 10.1. The zero-order valence-electron chi connectivity index (χ0n) is 23.9. The fourth-order valence-electron chi connectivity index (χ4n) is 4.14. The maximum Gasteiger partial charge on any atom is 0.296 e. The number of anilines is 1. The van der Waals surface area contributed by atoms with Crippen LogP contribution in [0.2, 0.25) is 0 Å². The summed E-state index contributed by atoms with van der Waals surface area (Å²) >= 11 is 1.12. The number of ether oxygens (including phenoxy) is 2. The number of nitrogens with one attached hydrogen (secondary N) is 1. The molecule has 1 N–H and O–H groups in total. The predicted octanol–water partition coefficient (Wildman–Crippen LogP) is 6.00. The molecule has 2 amide bonds. The van der Waals surface area contributed by atoms with Crippen LogP contribution in [-0.2, 0) is 9.59 Å². The van der Waals surface area contributed by atoms with Crippen molar-refractivity contribution in [3.05, 3.63) is 87.5 Å². The van der Waals surface area contributed by atoms with Gasteiger partial charge in [0.15, 0.2) is 5.17 Å². The summed E-state index contributed by atoms with van der Waals surface area (Å²) in [7, 11) is 1.39. The second kappa shape index (κ2) is 13.3. The number of thioether (sulfide) groups is 1. The van der Waals surface area contributed by atoms with Gasteiger partial charge in [-0.1, -0.05) is 23.9 Å². The molecule has 1 saturated heterocycles. The molecule has 4 rings (SSSR count). The van der Waals surface area contributed by atoms with Gasteiger partial charge in [-0.3, -0.25) is 19.7 Å². The smallest absolute Gasteiger partial charge is 0.296 e. The van der Waals surface area contributed by atoms with Gasteiger partial charge in [0.1, 0.15) is 22.4 Å². The van der Waals surface area contributed by atoms with Gasteiger partial charge < -0.3 is 14.8 Å². The number of nitrogens with zero attached hydrogens (tertiary/aromatic N) is 4. The molecule has 3 aromatic carbocycles. The molecule has 0 bridgehead atoms. The molecule has 1 unspecified atom stereocenters. The van der Waals surface area contributed by atoms with E-state index in [0.717, 1.165) is 34.2 Å². The fraction of sp³-hybridized carbons (Fsp3) is 0.267. The number of carbonyl (C=O) groups excluding carboxylic acids is 2. The first-order valence-electron chi connectivity index (χ1n) is 13.2. The minimum atomic E-state index is -0.844. The largest absolute Gasteiger partial charge is 0.496 e. The van der Waals surface area contributed by atoms with Gasteiger partial charge in [0.2, 0.25) is 5.91 Å². The lowest BCUT2D eigenvalue weighted by Crippen LogP contribution is -2.30. The van der Waals surface area contributed by atoms with Crippen LogP contribution in [0.3, 0.4) is 0 Å². The highest BCUT2D eigenvalue weighted by molar-refractivity contribution is 8.15. The molecule has 1 aliphatic rings. The van der Waals surface area contributed by atoms with Crippen LogP contribution in [0.5, 0.6) is 11.5 Å². The van der Waals surface area contributed by atoms with Gasteiger partial charge in [-0.2, -0.15) is 10.1 Å². The SMILES string of the molecule is CCOc1ccc(/C(C)=N/N2C(=O)C(CC(=O)Nc3ccc(OC)cc3[N+](=O)[O-])SC2=Nc2cccc(C)c2C)cc1. The van der Waals surface area contributed by atoms with E-state index >= 15 is 0 Å². The number of aliphatic imine (C=N–C) groups is 1. The normalized spacial score (nSPS) is 16.1. The van der Waals surface area contributed by atoms with Crippen LogP contribution in [-0.4, -0.2) is 51.6 Å². The summed E-state index contributed by atoms with van der Waals surface area (Å²) in [6, 6.07) is 17.2. The molecule has 1 aliphatic heterocycles. The number of amides is 2. The number of benzene rings is 3. The Labute approximate surface area is 247 Å². The molecular formula is C30H31N5O6S. The average molecular weight is 590 g/mol. The molecule has 0 aliphatic carbocycles. The van der Waals surface area contributed by atoms with E-state index in [9.17, 15) is 19.7 Å². The Bertz CT molecular complexity index is 1570. The molecule has 3 aromatic rings. The van der Waals surface area contributed by atoms with Crippen molar-refractivity contribution in [3.8, 4) is 11.5 Å². The van der Waals surface area contributed by atoms with Gasteiger partial charge in [-0.15, -0.1) is 0 Å². The van der Waals surface area contributed by atoms with Crippen LogP contribution >= 0.6 is 11.8 Å². The Kier molecular flexibility index (Phi) is 9.58. The number of amidine groups is 1. The molecule has 0 saturated carbocycles. The van der Waals surface area contributed by atoms with Crippen molar-refractivity contribution in [2.24, 2.45) is 10.1 Å². The van der Waals surface area contributed by atoms with E-state index in [1.165, 1.54) is 30.3 Å². The molecule has 0 aromatic heterocycles. The van der Waals surface area contributed by atoms with Crippen LogP contribution in [0.1, 0.15) is 37.0 Å². The van der Waals surface area contributed by atoms with Crippen molar-refractivity contribution in [2.75, 3.05) is 19.0 Å². The summed E-state index contributed by atoms with van der Waals surface area (Å²) in [4.78, 5) is 42.3. The molecule has 12 heteroatoms. The van der Waals surface area contributed by atoms with Crippen molar-refractivity contribution in [3.63, 3.8) is 0 Å². The van der Waals surface area contributed by atoms with E-state index in [1.807, 2.05) is 63.2 Å². The number of nitro benzene ring substituents is 1. The monoisotopic (exact) mass is 589 g/mol. The highest BCUT2D eigenvalue weighted by Gasteiger charge is 2.40. The number of aryl methyl sites for hydroxylation is 1. The lowest BCUT2D eigenvalue weighted by Gasteiger charge is -2.13. The number of methoxy groups -OCH3 is 1. The maximum absolute atomic E-state index is 13.6. The summed E-state index contributed by atoms with van der Waals surface area (Å²) in [5.74, 6) is 0.0233. The van der Waals surface area contributed by atoms with E-state index in [1.54, 1.807) is 6.92 Å². The third-order valence-corrected chi connectivity index (χ3v) is 7.71. The summed E-state index contributed by atoms with van der Waals surface area (Å²) < 4.78 is 10.6. The fourth-order valence-corrected chi connectivity index (χ4v) is 5.22. The molecule has 0 radical (unpaired) electrons. The van der Waals surface area contributed by atoms with Gasteiger partial charge in [-0.05, 0) is 86.8 Å². The van der Waals surface area contributed by atoms with Crippen LogP contribution in [0.4, 0.5) is 17.1 Å². The van der Waals surface area contributed by atoms with E-state index in [2.05, 4.69) is 10.4 Å². The second-order valence-corrected chi connectivity index (χ2v) is 10.6. The first-order valence-corrected chi connectivity index (χ1v) is 14.1. The lowest BCUT2D eigenvalue weighted by molar-refractivity contribution is -0.384. The van der Waals surface area contributed by atoms with Crippen LogP contribution in [0, 0.1) is 24.0 Å². The topological polar surface area (TPSA) is 136 Å². The Morgan fingerprint density at radius 1 is 1.12 bits per heavy atom. The van der Waals surface area contributed by atoms with Gasteiger partial charge >= 0.3 is 0 Å². The first-order chi connectivity index (χ1) is 20.1. The Morgan fingerprint density at radius 2 is 1.83 bits per heavy atom. The molecule has 218 valence electrons. The van der Waals surface area contributed by atoms with Crippen molar-refractivity contribution in [1.82, 2.24) is 5.01 Å². The maximum atomic E-state index is 13.6. The number of nitro groups is 1. The average Bonchev–Trinajstić information content (AvgIpc) is 3.24. The Morgan fingerprint density at radius 3 is 2.50 bits per heavy atom. The standard InChI is InChI=1S/C30H31N5O6S/c1-6-41-22-12-10-21(11-13-22)20(4)33-34-29(37)27(42-30(34)32-24-9-7-8-18(2)19(24)3)17-28(36)31-25-15-14-23(40-5)16-26(25)35(38)39/h7-16,27H,6,17H2,1-5H3,(H,31,36)/b32-30?,33-20+. The van der Waals surface area contributed by atoms with E-state index in [4.69, 9.17) is 14.5 Å². The summed E-state index contributed by atoms with van der Waals surface area (Å²) in [6.07, 6.45) is -0.243. The second-order valence-electron chi connectivity index (χ2n) is 9.41. The zero-order chi connectivity index (χ0) is 30.4. The number of carbonyl (C=O) groups is 2. The van der Waals surface area contributed by atoms with Crippen molar-refractivity contribution >= 4 is 51.5 Å². The zero-order valence-corrected chi connectivity index (χ0v) is 24.7. The molecule has 11 nitrogen and oxygen atoms in total. The summed E-state index contributed by atoms with van der Waals surface area (Å²) in [6.45, 7) is 8.16. The quantitative estimate of drug-likeness (QED) is 0.174. The number of hydrogen-bond acceptors (Lipinski definition) is 9. The van der Waals surface area contributed by atoms with Crippen molar-refractivity contribution in [1.29, 1.82) is 0 Å². The van der Waals surface area contributed by atoms with Gasteiger partial charge in [0.05, 0.1) is 36.1 Å². The van der Waals surface area contributed by atoms with E-state index < -0.39 is 22.0 Å². The molecule has 1 fully saturated rings. The molecule has 1 atom stereocenters. The highest BCUT2D eigenvalue weighted by Crippen LogP contribution is 2.35. The molecular weight excluding hydrogens is 558 g/mol. The Balaban J connectivity index is 1.62. The highest BCUT2D eigenvalue weighted by atomic mass is 32.2. The third kappa shape index (κ3) is 6.95. The molecule has 0 spiro atoms. The summed E-state index contributed by atoms with van der Waals surface area (Å²) in [5, 5.41) is 19.4. The van der Waals surface area contributed by atoms with Gasteiger partial charge in [-0.25, -0.2) is 4.99 Å². The third-order valence-electron chi connectivity index (χ3n) is 6.58. The number of hydrogen-bond donors (Lipinski definition) is 1. The Hall–Kier alpha value is -4.71. The van der Waals surface area contributed by atoms with E-state index in [0.29, 0.717) is 23.2 Å². The van der Waals surface area contributed by atoms with Gasteiger partial charge in [0, 0.05) is 6.42 Å². The van der Waals surface area contributed by atoms with Crippen LogP contribution in [0.25, 0.3) is 0 Å². The van der Waals surface area contributed by atoms with Crippen LogP contribution in [0.15, 0.2) is 70.8 Å². The minimum Gasteiger partial charge on any atom is -0.496 e. The van der Waals surface area contributed by atoms with Crippen molar-refractivity contribution < 1.29 is 24.0 Å². The number of rotatable bonds is 10.